The quantitative estimate of drug-likeness (QED) is 0.734. The minimum atomic E-state index is -0.717. The van der Waals surface area contributed by atoms with Gasteiger partial charge in [0.1, 0.15) is 0 Å². The highest BCUT2D eigenvalue weighted by molar-refractivity contribution is 6.36. The standard InChI is InChI=1S/C18H14Cl2N2O3/c1-10-5-2-3-8-15(10)22-17(24)12(16(23)21-18(22)25)9-11-13(19)6-4-7-14(11)20/h2-8,24H,9H2,1H3,(H,21,23,25). The highest BCUT2D eigenvalue weighted by Crippen LogP contribution is 2.28. The van der Waals surface area contributed by atoms with Gasteiger partial charge < -0.3 is 5.11 Å². The van der Waals surface area contributed by atoms with E-state index >= 15 is 0 Å². The number of H-pyrrole nitrogens is 1. The number of rotatable bonds is 3. The lowest BCUT2D eigenvalue weighted by Crippen LogP contribution is -2.31. The Hall–Kier alpha value is -2.50. The molecule has 0 fully saturated rings. The molecule has 7 heteroatoms. The van der Waals surface area contributed by atoms with Gasteiger partial charge in [-0.2, -0.15) is 0 Å². The summed E-state index contributed by atoms with van der Waals surface area (Å²) in [7, 11) is 0. The van der Waals surface area contributed by atoms with Crippen molar-refractivity contribution in [2.24, 2.45) is 0 Å². The molecule has 0 aliphatic rings. The first-order chi connectivity index (χ1) is 11.9. The summed E-state index contributed by atoms with van der Waals surface area (Å²) in [6.45, 7) is 1.80. The number of hydrogen-bond donors (Lipinski definition) is 2. The van der Waals surface area contributed by atoms with E-state index in [0.717, 1.165) is 10.1 Å². The van der Waals surface area contributed by atoms with E-state index in [4.69, 9.17) is 23.2 Å². The van der Waals surface area contributed by atoms with Gasteiger partial charge in [0, 0.05) is 16.5 Å². The van der Waals surface area contributed by atoms with Gasteiger partial charge in [0.05, 0.1) is 11.3 Å². The average molecular weight is 377 g/mol. The maximum atomic E-state index is 12.2. The van der Waals surface area contributed by atoms with Crippen LogP contribution in [0.4, 0.5) is 0 Å². The zero-order chi connectivity index (χ0) is 18.1. The van der Waals surface area contributed by atoms with Gasteiger partial charge >= 0.3 is 5.69 Å². The van der Waals surface area contributed by atoms with Crippen molar-refractivity contribution < 1.29 is 5.11 Å². The third-order valence-electron chi connectivity index (χ3n) is 3.95. The Bertz CT molecular complexity index is 1050. The van der Waals surface area contributed by atoms with Crippen LogP contribution >= 0.6 is 23.2 Å². The first-order valence-electron chi connectivity index (χ1n) is 7.46. The number of para-hydroxylation sites is 1. The Kier molecular flexibility index (Phi) is 4.70. The van der Waals surface area contributed by atoms with E-state index in [1.807, 2.05) is 6.07 Å². The van der Waals surface area contributed by atoms with Crippen LogP contribution in [0.3, 0.4) is 0 Å². The summed E-state index contributed by atoms with van der Waals surface area (Å²) in [5, 5.41) is 11.4. The molecule has 0 saturated heterocycles. The molecule has 0 saturated carbocycles. The van der Waals surface area contributed by atoms with Gasteiger partial charge in [-0.05, 0) is 36.2 Å². The fraction of sp³-hybridized carbons (Fsp3) is 0.111. The van der Waals surface area contributed by atoms with E-state index < -0.39 is 17.1 Å². The molecule has 3 aromatic rings. The topological polar surface area (TPSA) is 75.1 Å². The van der Waals surface area contributed by atoms with Crippen LogP contribution in [0.25, 0.3) is 5.69 Å². The van der Waals surface area contributed by atoms with E-state index in [2.05, 4.69) is 4.98 Å². The molecule has 0 spiro atoms. The van der Waals surface area contributed by atoms with Crippen molar-refractivity contribution in [3.63, 3.8) is 0 Å². The van der Waals surface area contributed by atoms with Crippen LogP contribution in [0.15, 0.2) is 52.1 Å². The molecule has 0 radical (unpaired) electrons. The zero-order valence-electron chi connectivity index (χ0n) is 13.2. The van der Waals surface area contributed by atoms with Crippen molar-refractivity contribution in [2.75, 3.05) is 0 Å². The molecule has 2 aromatic carbocycles. The van der Waals surface area contributed by atoms with E-state index in [9.17, 15) is 14.7 Å². The summed E-state index contributed by atoms with van der Waals surface area (Å²) in [4.78, 5) is 26.7. The summed E-state index contributed by atoms with van der Waals surface area (Å²) in [5.74, 6) is -0.431. The van der Waals surface area contributed by atoms with E-state index in [-0.39, 0.29) is 12.0 Å². The molecule has 0 aliphatic heterocycles. The number of aromatic hydroxyl groups is 1. The van der Waals surface area contributed by atoms with Gasteiger partial charge in [-0.25, -0.2) is 9.36 Å². The number of aryl methyl sites for hydroxylation is 1. The monoisotopic (exact) mass is 376 g/mol. The number of aromatic nitrogens is 2. The maximum Gasteiger partial charge on any atom is 0.335 e. The van der Waals surface area contributed by atoms with Crippen LogP contribution in [0.2, 0.25) is 10.0 Å². The Morgan fingerprint density at radius 2 is 1.64 bits per heavy atom. The maximum absolute atomic E-state index is 12.2. The Morgan fingerprint density at radius 3 is 2.28 bits per heavy atom. The van der Waals surface area contributed by atoms with Gasteiger partial charge in [0.2, 0.25) is 5.88 Å². The number of nitrogens with one attached hydrogen (secondary N) is 1. The number of hydrogen-bond acceptors (Lipinski definition) is 3. The van der Waals surface area contributed by atoms with Crippen molar-refractivity contribution in [2.45, 2.75) is 13.3 Å². The van der Waals surface area contributed by atoms with E-state index in [0.29, 0.717) is 21.3 Å². The van der Waals surface area contributed by atoms with Crippen LogP contribution in [-0.4, -0.2) is 14.7 Å². The smallest absolute Gasteiger partial charge is 0.335 e. The molecular weight excluding hydrogens is 363 g/mol. The van der Waals surface area contributed by atoms with Crippen LogP contribution in [0, 0.1) is 6.92 Å². The van der Waals surface area contributed by atoms with Crippen LogP contribution < -0.4 is 11.2 Å². The second-order valence-corrected chi connectivity index (χ2v) is 6.37. The van der Waals surface area contributed by atoms with Crippen molar-refractivity contribution in [1.82, 2.24) is 9.55 Å². The molecule has 5 nitrogen and oxygen atoms in total. The molecule has 0 atom stereocenters. The molecule has 128 valence electrons. The lowest BCUT2D eigenvalue weighted by atomic mass is 10.1. The molecule has 25 heavy (non-hydrogen) atoms. The Labute approximate surface area is 153 Å². The fourth-order valence-electron chi connectivity index (χ4n) is 2.64. The van der Waals surface area contributed by atoms with Crippen molar-refractivity contribution in [3.05, 3.63) is 90.0 Å². The van der Waals surface area contributed by atoms with Crippen LogP contribution in [0.5, 0.6) is 5.88 Å². The van der Waals surface area contributed by atoms with Crippen LogP contribution in [0.1, 0.15) is 16.7 Å². The largest absolute Gasteiger partial charge is 0.494 e. The summed E-state index contributed by atoms with van der Waals surface area (Å²) in [5.41, 5.74) is 0.370. The molecule has 0 unspecified atom stereocenters. The SMILES string of the molecule is Cc1ccccc1-n1c(O)c(Cc2c(Cl)cccc2Cl)c(=O)[nH]c1=O. The van der Waals surface area contributed by atoms with Gasteiger partial charge in [-0.15, -0.1) is 0 Å². The predicted molar refractivity (Wildman–Crippen MR) is 98.3 cm³/mol. The van der Waals surface area contributed by atoms with E-state index in [1.165, 1.54) is 0 Å². The number of benzene rings is 2. The Balaban J connectivity index is 2.23. The summed E-state index contributed by atoms with van der Waals surface area (Å²) >= 11 is 12.3. The zero-order valence-corrected chi connectivity index (χ0v) is 14.7. The lowest BCUT2D eigenvalue weighted by molar-refractivity contribution is 0.424. The molecule has 0 aliphatic carbocycles. The Morgan fingerprint density at radius 1 is 1.00 bits per heavy atom. The second kappa shape index (κ2) is 6.78. The molecule has 2 N–H and O–H groups in total. The molecular formula is C18H14Cl2N2O3. The van der Waals surface area contributed by atoms with Gasteiger partial charge in [-0.1, -0.05) is 47.5 Å². The van der Waals surface area contributed by atoms with E-state index in [1.54, 1.807) is 43.3 Å². The lowest BCUT2D eigenvalue weighted by Gasteiger charge is -2.14. The number of halogens is 2. The number of nitrogens with zero attached hydrogens (tertiary/aromatic N) is 1. The highest BCUT2D eigenvalue weighted by Gasteiger charge is 2.19. The molecule has 1 aromatic heterocycles. The van der Waals surface area contributed by atoms with Gasteiger partial charge in [0.15, 0.2) is 0 Å². The first kappa shape index (κ1) is 17.3. The van der Waals surface area contributed by atoms with Crippen LogP contribution in [-0.2, 0) is 6.42 Å². The average Bonchev–Trinajstić information content (AvgIpc) is 2.55. The molecule has 0 bridgehead atoms. The molecule has 0 amide bonds. The predicted octanol–water partition coefficient (Wildman–Crippen LogP) is 3.44. The minimum absolute atomic E-state index is 0.00810. The molecule has 3 rings (SSSR count). The molecule has 1 heterocycles. The third-order valence-corrected chi connectivity index (χ3v) is 4.66. The fourth-order valence-corrected chi connectivity index (χ4v) is 3.17. The third kappa shape index (κ3) is 3.21. The summed E-state index contributed by atoms with van der Waals surface area (Å²) in [6.07, 6.45) is -0.00810. The minimum Gasteiger partial charge on any atom is -0.494 e. The second-order valence-electron chi connectivity index (χ2n) is 5.56. The van der Waals surface area contributed by atoms with Crippen molar-refractivity contribution in [1.29, 1.82) is 0 Å². The summed E-state index contributed by atoms with van der Waals surface area (Å²) < 4.78 is 1.07. The van der Waals surface area contributed by atoms with Gasteiger partial charge in [-0.3, -0.25) is 9.78 Å². The first-order valence-corrected chi connectivity index (χ1v) is 8.22. The van der Waals surface area contributed by atoms with Crippen molar-refractivity contribution in [3.8, 4) is 11.6 Å². The normalized spacial score (nSPS) is 10.8. The number of aromatic amines is 1. The summed E-state index contributed by atoms with van der Waals surface area (Å²) in [6, 6.07) is 12.0. The highest BCUT2D eigenvalue weighted by atomic mass is 35.5. The van der Waals surface area contributed by atoms with Gasteiger partial charge in [0.25, 0.3) is 5.56 Å². The van der Waals surface area contributed by atoms with Crippen molar-refractivity contribution >= 4 is 23.2 Å².